The predicted molar refractivity (Wildman–Crippen MR) is 90.5 cm³/mol. The zero-order chi connectivity index (χ0) is 16.6. The summed E-state index contributed by atoms with van der Waals surface area (Å²) in [6.45, 7) is 10.7. The predicted octanol–water partition coefficient (Wildman–Crippen LogP) is 4.16. The van der Waals surface area contributed by atoms with Gasteiger partial charge in [-0.15, -0.1) is 0 Å². The normalized spacial score (nSPS) is 17.4. The Morgan fingerprint density at radius 2 is 1.71 bits per heavy atom. The number of hydrogen-bond donors (Lipinski definition) is 1. The van der Waals surface area contributed by atoms with E-state index in [1.165, 1.54) is 6.07 Å². The van der Waals surface area contributed by atoms with Crippen molar-refractivity contribution in [1.29, 1.82) is 0 Å². The SMILES string of the molecule is CC(C)(C)[S@](=O)C[C@](C)(c1cc(Br)ccc1F)C(C)(C)O. The van der Waals surface area contributed by atoms with Crippen molar-refractivity contribution < 1.29 is 13.7 Å². The fraction of sp³-hybridized carbons (Fsp3) is 0.625. The summed E-state index contributed by atoms with van der Waals surface area (Å²) in [4.78, 5) is 0. The van der Waals surface area contributed by atoms with E-state index in [1.807, 2.05) is 20.8 Å². The fourth-order valence-corrected chi connectivity index (χ4v) is 3.81. The molecule has 0 amide bonds. The van der Waals surface area contributed by atoms with Crippen molar-refractivity contribution in [2.24, 2.45) is 0 Å². The van der Waals surface area contributed by atoms with Crippen LogP contribution in [0.15, 0.2) is 22.7 Å². The fourth-order valence-electron chi connectivity index (χ4n) is 1.98. The molecule has 0 aliphatic rings. The van der Waals surface area contributed by atoms with E-state index in [1.54, 1.807) is 32.9 Å². The van der Waals surface area contributed by atoms with E-state index in [9.17, 15) is 13.7 Å². The van der Waals surface area contributed by atoms with E-state index in [0.717, 1.165) is 4.47 Å². The van der Waals surface area contributed by atoms with Gasteiger partial charge in [-0.1, -0.05) is 22.9 Å². The Hall–Kier alpha value is -0.260. The molecule has 0 fully saturated rings. The highest BCUT2D eigenvalue weighted by Crippen LogP contribution is 2.39. The first kappa shape index (κ1) is 18.8. The molecule has 0 radical (unpaired) electrons. The Kier molecular flexibility index (Phi) is 5.45. The number of aliphatic hydroxyl groups is 1. The number of halogens is 2. The first-order valence-corrected chi connectivity index (χ1v) is 8.96. The van der Waals surface area contributed by atoms with Gasteiger partial charge >= 0.3 is 0 Å². The van der Waals surface area contributed by atoms with Gasteiger partial charge in [-0.25, -0.2) is 4.39 Å². The summed E-state index contributed by atoms with van der Waals surface area (Å²) in [5.41, 5.74) is -1.80. The Balaban J connectivity index is 3.42. The summed E-state index contributed by atoms with van der Waals surface area (Å²) < 4.78 is 27.2. The lowest BCUT2D eigenvalue weighted by atomic mass is 9.71. The molecule has 0 aliphatic heterocycles. The molecule has 0 saturated carbocycles. The lowest BCUT2D eigenvalue weighted by Gasteiger charge is -2.42. The molecule has 21 heavy (non-hydrogen) atoms. The molecule has 1 aromatic carbocycles. The topological polar surface area (TPSA) is 37.3 Å². The van der Waals surface area contributed by atoms with Gasteiger partial charge in [0.25, 0.3) is 0 Å². The maximum atomic E-state index is 14.3. The van der Waals surface area contributed by atoms with Gasteiger partial charge in [0, 0.05) is 31.2 Å². The molecule has 0 aromatic heterocycles. The number of benzene rings is 1. The monoisotopic (exact) mass is 378 g/mol. The molecule has 0 aliphatic carbocycles. The van der Waals surface area contributed by atoms with Crippen LogP contribution >= 0.6 is 15.9 Å². The second-order valence-corrected chi connectivity index (χ2v) is 10.2. The van der Waals surface area contributed by atoms with Crippen molar-refractivity contribution in [2.45, 2.75) is 57.3 Å². The van der Waals surface area contributed by atoms with Crippen molar-refractivity contribution in [1.82, 2.24) is 0 Å². The van der Waals surface area contributed by atoms with E-state index in [-0.39, 0.29) is 5.75 Å². The van der Waals surface area contributed by atoms with Gasteiger partial charge in [-0.05, 0) is 58.4 Å². The highest BCUT2D eigenvalue weighted by molar-refractivity contribution is 9.10. The highest BCUT2D eigenvalue weighted by Gasteiger charge is 2.45. The van der Waals surface area contributed by atoms with Crippen LogP contribution in [0, 0.1) is 5.82 Å². The van der Waals surface area contributed by atoms with E-state index >= 15 is 0 Å². The average molecular weight is 379 g/mol. The second kappa shape index (κ2) is 6.09. The largest absolute Gasteiger partial charge is 0.390 e. The third kappa shape index (κ3) is 4.14. The first-order valence-electron chi connectivity index (χ1n) is 6.85. The summed E-state index contributed by atoms with van der Waals surface area (Å²) in [6, 6.07) is 4.64. The van der Waals surface area contributed by atoms with Crippen LogP contribution in [0.2, 0.25) is 0 Å². The summed E-state index contributed by atoms with van der Waals surface area (Å²) in [7, 11) is -1.21. The van der Waals surface area contributed by atoms with Gasteiger partial charge in [0.2, 0.25) is 0 Å². The maximum absolute atomic E-state index is 14.3. The summed E-state index contributed by atoms with van der Waals surface area (Å²) >= 11 is 3.34. The molecule has 0 spiro atoms. The van der Waals surface area contributed by atoms with Crippen molar-refractivity contribution in [3.63, 3.8) is 0 Å². The molecule has 1 rings (SSSR count). The third-order valence-corrected chi connectivity index (χ3v) is 6.67. The van der Waals surface area contributed by atoms with Crippen LogP contribution in [-0.2, 0) is 16.2 Å². The van der Waals surface area contributed by atoms with Crippen LogP contribution in [0.1, 0.15) is 47.1 Å². The standard InChI is InChI=1S/C16H24BrFO2S/c1-14(2,3)21(20)10-16(6,15(4,5)19)12-9-11(17)7-8-13(12)18/h7-9,19H,10H2,1-6H3/t16-,21-/m1/s1. The quantitative estimate of drug-likeness (QED) is 0.853. The van der Waals surface area contributed by atoms with Crippen LogP contribution < -0.4 is 0 Å². The van der Waals surface area contributed by atoms with E-state index in [0.29, 0.717) is 5.56 Å². The summed E-state index contributed by atoms with van der Waals surface area (Å²) in [5, 5.41) is 10.6. The molecular weight excluding hydrogens is 355 g/mol. The van der Waals surface area contributed by atoms with Crippen LogP contribution in [0.5, 0.6) is 0 Å². The van der Waals surface area contributed by atoms with E-state index in [2.05, 4.69) is 15.9 Å². The van der Waals surface area contributed by atoms with Gasteiger partial charge in [0.15, 0.2) is 0 Å². The lowest BCUT2D eigenvalue weighted by Crippen LogP contribution is -2.51. The molecule has 1 aromatic rings. The van der Waals surface area contributed by atoms with E-state index in [4.69, 9.17) is 0 Å². The highest BCUT2D eigenvalue weighted by atomic mass is 79.9. The van der Waals surface area contributed by atoms with Gasteiger partial charge in [0.05, 0.1) is 5.60 Å². The Morgan fingerprint density at radius 1 is 1.19 bits per heavy atom. The molecule has 0 bridgehead atoms. The molecule has 5 heteroatoms. The minimum atomic E-state index is -1.21. The zero-order valence-electron chi connectivity index (χ0n) is 13.5. The minimum absolute atomic E-state index is 0.188. The number of hydrogen-bond acceptors (Lipinski definition) is 2. The van der Waals surface area contributed by atoms with Crippen LogP contribution in [0.3, 0.4) is 0 Å². The Bertz CT molecular complexity index is 546. The second-order valence-electron chi connectivity index (χ2n) is 7.12. The molecule has 0 unspecified atom stereocenters. The maximum Gasteiger partial charge on any atom is 0.127 e. The zero-order valence-corrected chi connectivity index (χ0v) is 15.9. The lowest BCUT2D eigenvalue weighted by molar-refractivity contribution is 0.00987. The Morgan fingerprint density at radius 3 is 2.14 bits per heavy atom. The molecule has 1 N–H and O–H groups in total. The number of rotatable bonds is 4. The van der Waals surface area contributed by atoms with Crippen LogP contribution in [-0.4, -0.2) is 25.4 Å². The van der Waals surface area contributed by atoms with Gasteiger partial charge in [-0.3, -0.25) is 4.21 Å². The van der Waals surface area contributed by atoms with Crippen LogP contribution in [0.25, 0.3) is 0 Å². The third-order valence-electron chi connectivity index (χ3n) is 3.98. The van der Waals surface area contributed by atoms with Crippen LogP contribution in [0.4, 0.5) is 4.39 Å². The summed E-state index contributed by atoms with van der Waals surface area (Å²) in [6.07, 6.45) is 0. The van der Waals surface area contributed by atoms with Crippen molar-refractivity contribution in [3.8, 4) is 0 Å². The average Bonchev–Trinajstić information content (AvgIpc) is 2.29. The smallest absolute Gasteiger partial charge is 0.127 e. The minimum Gasteiger partial charge on any atom is -0.390 e. The molecule has 120 valence electrons. The first-order chi connectivity index (χ1) is 9.29. The Labute approximate surface area is 137 Å². The molecule has 0 saturated heterocycles. The van der Waals surface area contributed by atoms with Crippen molar-refractivity contribution in [3.05, 3.63) is 34.1 Å². The van der Waals surface area contributed by atoms with Crippen molar-refractivity contribution in [2.75, 3.05) is 5.75 Å². The van der Waals surface area contributed by atoms with Crippen molar-refractivity contribution >= 4 is 26.7 Å². The summed E-state index contributed by atoms with van der Waals surface area (Å²) in [5.74, 6) is -0.207. The van der Waals surface area contributed by atoms with Gasteiger partial charge < -0.3 is 5.11 Å². The van der Waals surface area contributed by atoms with Gasteiger partial charge in [0.1, 0.15) is 5.82 Å². The molecule has 0 heterocycles. The van der Waals surface area contributed by atoms with Gasteiger partial charge in [-0.2, -0.15) is 0 Å². The molecule has 2 atom stereocenters. The van der Waals surface area contributed by atoms with E-state index < -0.39 is 32.4 Å². The molecular formula is C16H24BrFO2S. The molecule has 2 nitrogen and oxygen atoms in total.